The van der Waals surface area contributed by atoms with Gasteiger partial charge in [0, 0.05) is 26.2 Å². The molecule has 0 aliphatic carbocycles. The van der Waals surface area contributed by atoms with Crippen molar-refractivity contribution in [1.29, 1.82) is 0 Å². The average molecular weight is 314 g/mol. The Hall–Kier alpha value is -2.52. The van der Waals surface area contributed by atoms with Crippen LogP contribution in [-0.2, 0) is 6.18 Å². The van der Waals surface area contributed by atoms with Crippen LogP contribution < -0.4 is 10.6 Å². The van der Waals surface area contributed by atoms with Gasteiger partial charge in [0.2, 0.25) is 0 Å². The molecule has 7 nitrogen and oxygen atoms in total. The first kappa shape index (κ1) is 14.4. The third-order valence-corrected chi connectivity index (χ3v) is 3.55. The second-order valence-corrected chi connectivity index (χ2v) is 4.92. The second-order valence-electron chi connectivity index (χ2n) is 4.92. The number of aromatic nitrogens is 3. The molecular weight excluding hydrogens is 301 g/mol. The molecule has 0 aromatic carbocycles. The van der Waals surface area contributed by atoms with E-state index in [1.165, 1.54) is 11.0 Å². The van der Waals surface area contributed by atoms with Gasteiger partial charge in [0.25, 0.3) is 0 Å². The minimum absolute atomic E-state index is 0.131. The zero-order chi connectivity index (χ0) is 15.9. The largest absolute Gasteiger partial charge is 0.435 e. The summed E-state index contributed by atoms with van der Waals surface area (Å²) in [4.78, 5) is 18.1. The number of carbonyl (C=O) groups is 1. The number of piperazine rings is 1. The zero-order valence-electron chi connectivity index (χ0n) is 11.4. The van der Waals surface area contributed by atoms with Crippen molar-refractivity contribution in [3.8, 4) is 0 Å². The van der Waals surface area contributed by atoms with Gasteiger partial charge in [-0.05, 0) is 12.1 Å². The third kappa shape index (κ3) is 2.51. The number of alkyl halides is 3. The quantitative estimate of drug-likeness (QED) is 0.850. The summed E-state index contributed by atoms with van der Waals surface area (Å²) >= 11 is 0. The number of imidazole rings is 1. The van der Waals surface area contributed by atoms with Gasteiger partial charge in [-0.25, -0.2) is 14.3 Å². The normalized spacial score (nSPS) is 16.3. The van der Waals surface area contributed by atoms with Gasteiger partial charge in [-0.15, -0.1) is 5.10 Å². The number of anilines is 1. The number of fused-ring (bicyclic) bond motifs is 1. The summed E-state index contributed by atoms with van der Waals surface area (Å²) in [5, 5.41) is 4.02. The topological polar surface area (TPSA) is 79.8 Å². The molecule has 3 rings (SSSR count). The lowest BCUT2D eigenvalue weighted by Crippen LogP contribution is -2.50. The van der Waals surface area contributed by atoms with E-state index in [1.54, 1.807) is 11.0 Å². The van der Waals surface area contributed by atoms with Crippen LogP contribution in [0.3, 0.4) is 0 Å². The van der Waals surface area contributed by atoms with Crippen molar-refractivity contribution < 1.29 is 18.0 Å². The van der Waals surface area contributed by atoms with Crippen molar-refractivity contribution in [1.82, 2.24) is 19.5 Å². The molecule has 0 spiro atoms. The lowest BCUT2D eigenvalue weighted by Gasteiger charge is -2.34. The molecule has 2 aromatic heterocycles. The van der Waals surface area contributed by atoms with Crippen LogP contribution in [0.5, 0.6) is 0 Å². The number of nitrogens with two attached hydrogens (primary N) is 1. The number of amides is 2. The highest BCUT2D eigenvalue weighted by Crippen LogP contribution is 2.29. The van der Waals surface area contributed by atoms with Crippen LogP contribution in [0.25, 0.3) is 5.65 Å². The number of hydrogen-bond acceptors (Lipinski definition) is 4. The second kappa shape index (κ2) is 5.04. The number of halogens is 3. The Labute approximate surface area is 123 Å². The van der Waals surface area contributed by atoms with Gasteiger partial charge < -0.3 is 15.5 Å². The molecule has 118 valence electrons. The maximum absolute atomic E-state index is 12.9. The molecule has 0 atom stereocenters. The maximum atomic E-state index is 12.9. The van der Waals surface area contributed by atoms with Crippen LogP contribution in [0.4, 0.5) is 23.8 Å². The summed E-state index contributed by atoms with van der Waals surface area (Å²) in [6.45, 7) is 1.73. The van der Waals surface area contributed by atoms with Crippen LogP contribution >= 0.6 is 0 Å². The third-order valence-electron chi connectivity index (χ3n) is 3.55. The molecule has 22 heavy (non-hydrogen) atoms. The minimum Gasteiger partial charge on any atom is -0.352 e. The predicted octanol–water partition coefficient (Wildman–Crippen LogP) is 0.949. The lowest BCUT2D eigenvalue weighted by atomic mass is 10.3. The lowest BCUT2D eigenvalue weighted by molar-refractivity contribution is -0.142. The monoisotopic (exact) mass is 314 g/mol. The number of carbonyl (C=O) groups excluding carboxylic acids is 1. The van der Waals surface area contributed by atoms with Crippen LogP contribution in [-0.4, -0.2) is 51.7 Å². The average Bonchev–Trinajstić information content (AvgIpc) is 2.90. The summed E-state index contributed by atoms with van der Waals surface area (Å²) in [6.07, 6.45) is -3.76. The van der Waals surface area contributed by atoms with E-state index in [2.05, 4.69) is 10.1 Å². The van der Waals surface area contributed by atoms with E-state index < -0.39 is 17.9 Å². The summed E-state index contributed by atoms with van der Waals surface area (Å²) in [6, 6.07) is 2.59. The standard InChI is InChI=1S/C12H13F3N6O/c13-12(14,15)8-7-17-9-1-2-10(18-21(8)9)19-3-5-20(6-4-19)11(16)22/h1-2,7H,3-6H2,(H2,16,22). The Balaban J connectivity index is 1.88. The molecule has 3 heterocycles. The first-order valence-corrected chi connectivity index (χ1v) is 6.57. The predicted molar refractivity (Wildman–Crippen MR) is 71.4 cm³/mol. The van der Waals surface area contributed by atoms with Crippen molar-refractivity contribution in [3.05, 3.63) is 24.0 Å². The molecule has 0 bridgehead atoms. The van der Waals surface area contributed by atoms with Crippen molar-refractivity contribution in [2.75, 3.05) is 31.1 Å². The van der Waals surface area contributed by atoms with Crippen LogP contribution in [0, 0.1) is 0 Å². The molecule has 0 unspecified atom stereocenters. The van der Waals surface area contributed by atoms with Gasteiger partial charge in [0.15, 0.2) is 11.3 Å². The summed E-state index contributed by atoms with van der Waals surface area (Å²) in [5.74, 6) is 0.403. The molecule has 1 aliphatic rings. The van der Waals surface area contributed by atoms with Gasteiger partial charge >= 0.3 is 12.2 Å². The molecule has 0 radical (unpaired) electrons. The molecule has 10 heteroatoms. The van der Waals surface area contributed by atoms with E-state index >= 15 is 0 Å². The van der Waals surface area contributed by atoms with Crippen molar-refractivity contribution in [3.63, 3.8) is 0 Å². The number of hydrogen-bond donors (Lipinski definition) is 1. The van der Waals surface area contributed by atoms with Gasteiger partial charge in [0.1, 0.15) is 5.82 Å². The Bertz CT molecular complexity index is 704. The minimum atomic E-state index is -4.52. The molecule has 1 aliphatic heterocycles. The van der Waals surface area contributed by atoms with Crippen molar-refractivity contribution in [2.45, 2.75) is 6.18 Å². The SMILES string of the molecule is NC(=O)N1CCN(c2ccc3ncc(C(F)(F)F)n3n2)CC1. The molecule has 2 amide bonds. The summed E-state index contributed by atoms with van der Waals surface area (Å²) < 4.78 is 39.5. The fourth-order valence-corrected chi connectivity index (χ4v) is 2.38. The van der Waals surface area contributed by atoms with Crippen molar-refractivity contribution >= 4 is 17.5 Å². The number of nitrogens with zero attached hydrogens (tertiary/aromatic N) is 5. The Kier molecular flexibility index (Phi) is 3.30. The van der Waals surface area contributed by atoms with E-state index in [1.807, 2.05) is 0 Å². The summed E-state index contributed by atoms with van der Waals surface area (Å²) in [7, 11) is 0. The first-order valence-electron chi connectivity index (χ1n) is 6.57. The molecule has 1 saturated heterocycles. The fourth-order valence-electron chi connectivity index (χ4n) is 2.38. The van der Waals surface area contributed by atoms with E-state index in [-0.39, 0.29) is 5.65 Å². The van der Waals surface area contributed by atoms with Crippen LogP contribution in [0.15, 0.2) is 18.3 Å². The maximum Gasteiger partial charge on any atom is 0.435 e. The van der Waals surface area contributed by atoms with E-state index in [4.69, 9.17) is 5.73 Å². The Morgan fingerprint density at radius 1 is 1.18 bits per heavy atom. The molecule has 1 fully saturated rings. The van der Waals surface area contributed by atoms with Gasteiger partial charge in [0.05, 0.1) is 6.20 Å². The molecular formula is C12H13F3N6O. The van der Waals surface area contributed by atoms with Crippen LogP contribution in [0.1, 0.15) is 5.69 Å². The first-order chi connectivity index (χ1) is 10.4. The van der Waals surface area contributed by atoms with Crippen LogP contribution in [0.2, 0.25) is 0 Å². The highest BCUT2D eigenvalue weighted by Gasteiger charge is 2.35. The molecule has 2 N–H and O–H groups in total. The summed E-state index contributed by atoms with van der Waals surface area (Å²) in [5.41, 5.74) is 4.41. The molecule has 2 aromatic rings. The smallest absolute Gasteiger partial charge is 0.352 e. The number of urea groups is 1. The highest BCUT2D eigenvalue weighted by atomic mass is 19.4. The highest BCUT2D eigenvalue weighted by molar-refractivity contribution is 5.72. The van der Waals surface area contributed by atoms with E-state index in [0.29, 0.717) is 32.0 Å². The van der Waals surface area contributed by atoms with Gasteiger partial charge in [-0.2, -0.15) is 13.2 Å². The van der Waals surface area contributed by atoms with E-state index in [9.17, 15) is 18.0 Å². The Morgan fingerprint density at radius 2 is 1.86 bits per heavy atom. The Morgan fingerprint density at radius 3 is 2.45 bits per heavy atom. The van der Waals surface area contributed by atoms with Gasteiger partial charge in [-0.1, -0.05) is 0 Å². The number of rotatable bonds is 1. The fraction of sp³-hybridized carbons (Fsp3) is 0.417. The van der Waals surface area contributed by atoms with E-state index in [0.717, 1.165) is 10.7 Å². The van der Waals surface area contributed by atoms with Gasteiger partial charge in [-0.3, -0.25) is 0 Å². The zero-order valence-corrected chi connectivity index (χ0v) is 11.4. The molecule has 0 saturated carbocycles. The van der Waals surface area contributed by atoms with Crippen molar-refractivity contribution in [2.24, 2.45) is 5.73 Å². The number of primary amides is 1.